The lowest BCUT2D eigenvalue weighted by atomic mass is 9.75. The number of hydrogen-bond acceptors (Lipinski definition) is 5. The molecule has 0 aliphatic heterocycles. The summed E-state index contributed by atoms with van der Waals surface area (Å²) in [5.74, 6) is 0.762. The molecule has 1 saturated carbocycles. The summed E-state index contributed by atoms with van der Waals surface area (Å²) in [5, 5.41) is 12.7. The van der Waals surface area contributed by atoms with Crippen LogP contribution >= 0.6 is 0 Å². The summed E-state index contributed by atoms with van der Waals surface area (Å²) in [6, 6.07) is 7.41. The number of nitrogens with zero attached hydrogens (tertiary/aromatic N) is 2. The van der Waals surface area contributed by atoms with Gasteiger partial charge in [-0.1, -0.05) is 12.1 Å². The van der Waals surface area contributed by atoms with Crippen LogP contribution in [0.15, 0.2) is 42.9 Å². The number of aliphatic hydroxyl groups is 1. The van der Waals surface area contributed by atoms with Crippen LogP contribution in [0, 0.1) is 5.92 Å². The van der Waals surface area contributed by atoms with Crippen molar-refractivity contribution in [2.24, 2.45) is 5.92 Å². The zero-order chi connectivity index (χ0) is 17.6. The van der Waals surface area contributed by atoms with Gasteiger partial charge in [-0.05, 0) is 42.4 Å². The van der Waals surface area contributed by atoms with E-state index >= 15 is 0 Å². The van der Waals surface area contributed by atoms with Gasteiger partial charge in [0.05, 0.1) is 19.3 Å². The number of methoxy groups -OCH3 is 1. The monoisotopic (exact) mass is 341 g/mol. The Labute approximate surface area is 147 Å². The molecule has 0 aromatic carbocycles. The molecule has 6 nitrogen and oxygen atoms in total. The first-order chi connectivity index (χ1) is 12.2. The van der Waals surface area contributed by atoms with Crippen molar-refractivity contribution in [3.05, 3.63) is 54.0 Å². The minimum Gasteiger partial charge on any atom is -0.481 e. The lowest BCUT2D eigenvalue weighted by Crippen LogP contribution is -2.41. The van der Waals surface area contributed by atoms with Gasteiger partial charge in [0, 0.05) is 31.1 Å². The second-order valence-electron chi connectivity index (χ2n) is 6.43. The van der Waals surface area contributed by atoms with Crippen LogP contribution in [-0.2, 0) is 11.2 Å². The summed E-state index contributed by atoms with van der Waals surface area (Å²) < 4.78 is 5.09. The van der Waals surface area contributed by atoms with Gasteiger partial charge in [0.25, 0.3) is 0 Å². The fraction of sp³-hybridized carbons (Fsp3) is 0.421. The lowest BCUT2D eigenvalue weighted by Gasteiger charge is -2.38. The molecule has 25 heavy (non-hydrogen) atoms. The molecule has 1 amide bonds. The highest BCUT2D eigenvalue weighted by molar-refractivity contribution is 5.76. The molecule has 0 radical (unpaired) electrons. The number of amides is 1. The van der Waals surface area contributed by atoms with E-state index in [-0.39, 0.29) is 24.0 Å². The van der Waals surface area contributed by atoms with Gasteiger partial charge in [0.15, 0.2) is 0 Å². The minimum absolute atomic E-state index is 0.00828. The fourth-order valence-corrected chi connectivity index (χ4v) is 3.12. The third-order valence-corrected chi connectivity index (χ3v) is 4.63. The third-order valence-electron chi connectivity index (χ3n) is 4.63. The molecule has 2 heterocycles. The van der Waals surface area contributed by atoms with E-state index in [4.69, 9.17) is 4.74 Å². The number of aliphatic hydroxyl groups excluding tert-OH is 1. The highest BCUT2D eigenvalue weighted by atomic mass is 16.5. The van der Waals surface area contributed by atoms with Crippen LogP contribution in [0.5, 0.6) is 5.88 Å². The average molecular weight is 341 g/mol. The number of hydrogen-bond donors (Lipinski definition) is 2. The molecule has 0 bridgehead atoms. The zero-order valence-corrected chi connectivity index (χ0v) is 14.3. The Morgan fingerprint density at radius 3 is 2.80 bits per heavy atom. The fourth-order valence-electron chi connectivity index (χ4n) is 3.12. The predicted molar refractivity (Wildman–Crippen MR) is 93.0 cm³/mol. The van der Waals surface area contributed by atoms with Gasteiger partial charge in [-0.15, -0.1) is 0 Å². The first-order valence-corrected chi connectivity index (χ1v) is 8.52. The van der Waals surface area contributed by atoms with Crippen molar-refractivity contribution in [1.82, 2.24) is 15.3 Å². The van der Waals surface area contributed by atoms with Gasteiger partial charge in [-0.25, -0.2) is 4.98 Å². The van der Waals surface area contributed by atoms with Crippen molar-refractivity contribution in [2.45, 2.75) is 37.8 Å². The maximum absolute atomic E-state index is 12.4. The van der Waals surface area contributed by atoms with Crippen LogP contribution in [0.1, 0.15) is 36.4 Å². The summed E-state index contributed by atoms with van der Waals surface area (Å²) in [6.07, 6.45) is 7.40. The van der Waals surface area contributed by atoms with E-state index in [1.54, 1.807) is 31.8 Å². The molecule has 0 spiro atoms. The molecule has 1 aliphatic carbocycles. The Bertz CT molecular complexity index is 685. The Kier molecular flexibility index (Phi) is 5.60. The van der Waals surface area contributed by atoms with Gasteiger partial charge in [-0.2, -0.15) is 0 Å². The number of aryl methyl sites for hydroxylation is 1. The molecule has 3 rings (SSSR count). The van der Waals surface area contributed by atoms with E-state index in [2.05, 4.69) is 15.3 Å². The van der Waals surface area contributed by atoms with Crippen molar-refractivity contribution in [2.75, 3.05) is 7.11 Å². The largest absolute Gasteiger partial charge is 0.481 e. The number of nitrogens with one attached hydrogen (secondary N) is 1. The number of aromatic nitrogens is 2. The van der Waals surface area contributed by atoms with Crippen molar-refractivity contribution in [3.8, 4) is 5.88 Å². The molecule has 2 aromatic rings. The van der Waals surface area contributed by atoms with Crippen LogP contribution in [0.2, 0.25) is 0 Å². The normalized spacial score (nSPS) is 20.4. The molecular formula is C19H23N3O3. The van der Waals surface area contributed by atoms with Gasteiger partial charge in [0.2, 0.25) is 11.8 Å². The highest BCUT2D eigenvalue weighted by Gasteiger charge is 2.35. The molecule has 132 valence electrons. The average Bonchev–Trinajstić information content (AvgIpc) is 2.63. The van der Waals surface area contributed by atoms with Crippen LogP contribution in [-0.4, -0.2) is 34.2 Å². The van der Waals surface area contributed by atoms with E-state index in [1.807, 2.05) is 18.2 Å². The molecule has 1 aliphatic rings. The highest BCUT2D eigenvalue weighted by Crippen LogP contribution is 2.38. The molecule has 2 N–H and O–H groups in total. The summed E-state index contributed by atoms with van der Waals surface area (Å²) >= 11 is 0. The predicted octanol–water partition coefficient (Wildman–Crippen LogP) is 2.05. The Hall–Kier alpha value is -2.47. The third kappa shape index (κ3) is 4.54. The summed E-state index contributed by atoms with van der Waals surface area (Å²) in [4.78, 5) is 20.7. The van der Waals surface area contributed by atoms with Gasteiger partial charge < -0.3 is 15.2 Å². The van der Waals surface area contributed by atoms with Gasteiger partial charge in [-0.3, -0.25) is 9.78 Å². The molecular weight excluding hydrogens is 318 g/mol. The second kappa shape index (κ2) is 8.07. The Morgan fingerprint density at radius 2 is 2.20 bits per heavy atom. The number of ether oxygens (including phenoxy) is 1. The number of carbonyl (C=O) groups is 1. The number of carbonyl (C=O) groups excluding carboxylic acids is 1. The molecule has 1 atom stereocenters. The van der Waals surface area contributed by atoms with E-state index < -0.39 is 0 Å². The first kappa shape index (κ1) is 17.4. The molecule has 6 heteroatoms. The van der Waals surface area contributed by atoms with E-state index in [0.717, 1.165) is 11.1 Å². The van der Waals surface area contributed by atoms with Crippen LogP contribution in [0.4, 0.5) is 0 Å². The summed E-state index contributed by atoms with van der Waals surface area (Å²) in [7, 11) is 1.57. The van der Waals surface area contributed by atoms with Gasteiger partial charge in [0.1, 0.15) is 0 Å². The zero-order valence-electron chi connectivity index (χ0n) is 14.3. The van der Waals surface area contributed by atoms with Crippen molar-refractivity contribution in [1.29, 1.82) is 0 Å². The van der Waals surface area contributed by atoms with Crippen molar-refractivity contribution >= 4 is 5.91 Å². The summed E-state index contributed by atoms with van der Waals surface area (Å²) in [6.45, 7) is 0. The maximum atomic E-state index is 12.4. The molecule has 0 saturated heterocycles. The first-order valence-electron chi connectivity index (χ1n) is 8.52. The Morgan fingerprint density at radius 1 is 1.36 bits per heavy atom. The van der Waals surface area contributed by atoms with Crippen molar-refractivity contribution < 1.29 is 14.6 Å². The Balaban J connectivity index is 1.63. The maximum Gasteiger partial charge on any atom is 0.220 e. The topological polar surface area (TPSA) is 84.3 Å². The van der Waals surface area contributed by atoms with Crippen LogP contribution in [0.3, 0.4) is 0 Å². The van der Waals surface area contributed by atoms with Crippen LogP contribution in [0.25, 0.3) is 0 Å². The molecule has 1 fully saturated rings. The smallest absolute Gasteiger partial charge is 0.220 e. The van der Waals surface area contributed by atoms with E-state index in [0.29, 0.717) is 31.6 Å². The summed E-state index contributed by atoms with van der Waals surface area (Å²) in [5.41, 5.74) is 1.98. The second-order valence-corrected chi connectivity index (χ2v) is 6.43. The standard InChI is InChI=1S/C19H23N3O3/c1-25-18-7-5-14(12-21-18)19(15-9-16(23)10-15)22-17(24)6-4-13-3-2-8-20-11-13/h2-3,5,7-8,11-12,15-16,19,23H,4,6,9-10H2,1H3,(H,22,24)/t15?,16?,19-/m1/s1. The van der Waals surface area contributed by atoms with Crippen LogP contribution < -0.4 is 10.1 Å². The quantitative estimate of drug-likeness (QED) is 0.805. The van der Waals surface area contributed by atoms with E-state index in [9.17, 15) is 9.90 Å². The molecule has 0 unspecified atom stereocenters. The number of pyridine rings is 2. The van der Waals surface area contributed by atoms with Crippen molar-refractivity contribution in [3.63, 3.8) is 0 Å². The number of rotatable bonds is 7. The SMILES string of the molecule is COc1ccc([C@@H](NC(=O)CCc2cccnc2)C2CC(O)C2)cn1. The lowest BCUT2D eigenvalue weighted by molar-refractivity contribution is -0.123. The van der Waals surface area contributed by atoms with Gasteiger partial charge >= 0.3 is 0 Å². The molecule has 2 aromatic heterocycles. The minimum atomic E-state index is -0.272. The van der Waals surface area contributed by atoms with E-state index in [1.165, 1.54) is 0 Å².